The normalized spacial score (nSPS) is 15.2. The van der Waals surface area contributed by atoms with Crippen molar-refractivity contribution in [1.29, 1.82) is 0 Å². The van der Waals surface area contributed by atoms with Gasteiger partial charge in [-0.2, -0.15) is 0 Å². The molecule has 1 N–H and O–H groups in total. The fraction of sp³-hybridized carbons (Fsp3) is 0.333. The van der Waals surface area contributed by atoms with Gasteiger partial charge < -0.3 is 4.90 Å². The summed E-state index contributed by atoms with van der Waals surface area (Å²) in [5, 5.41) is 5.82. The molecule has 1 aromatic heterocycles. The minimum atomic E-state index is -0.254. The SMILES string of the molecule is O=C(NC(=S)N1CCN(CCc2cccs2)CC1)c1ccccc1Cl. The van der Waals surface area contributed by atoms with E-state index in [0.717, 1.165) is 39.1 Å². The second-order valence-electron chi connectivity index (χ2n) is 5.90. The van der Waals surface area contributed by atoms with Crippen molar-refractivity contribution in [2.24, 2.45) is 0 Å². The van der Waals surface area contributed by atoms with E-state index < -0.39 is 0 Å². The fourth-order valence-corrected chi connectivity index (χ4v) is 3.98. The van der Waals surface area contributed by atoms with Gasteiger partial charge in [0.1, 0.15) is 0 Å². The lowest BCUT2D eigenvalue weighted by Gasteiger charge is -2.36. The molecule has 0 atom stereocenters. The molecule has 132 valence electrons. The molecule has 1 aliphatic heterocycles. The van der Waals surface area contributed by atoms with Crippen LogP contribution in [0.1, 0.15) is 15.2 Å². The summed E-state index contributed by atoms with van der Waals surface area (Å²) in [6.45, 7) is 4.62. The number of hydrogen-bond acceptors (Lipinski definition) is 4. The number of carbonyl (C=O) groups is 1. The van der Waals surface area contributed by atoms with E-state index in [-0.39, 0.29) is 5.91 Å². The summed E-state index contributed by atoms with van der Waals surface area (Å²) in [4.78, 5) is 18.2. The van der Waals surface area contributed by atoms with E-state index in [9.17, 15) is 4.79 Å². The zero-order valence-corrected chi connectivity index (χ0v) is 16.2. The summed E-state index contributed by atoms with van der Waals surface area (Å²) in [6, 6.07) is 11.3. The molecule has 2 aromatic rings. The van der Waals surface area contributed by atoms with Crippen LogP contribution in [0.3, 0.4) is 0 Å². The predicted octanol–water partition coefficient (Wildman–Crippen LogP) is 3.28. The number of carbonyl (C=O) groups excluding carboxylic acids is 1. The Morgan fingerprint density at radius 1 is 1.16 bits per heavy atom. The summed E-state index contributed by atoms with van der Waals surface area (Å²) < 4.78 is 0. The van der Waals surface area contributed by atoms with Crippen LogP contribution in [-0.2, 0) is 6.42 Å². The van der Waals surface area contributed by atoms with Gasteiger partial charge in [0.05, 0.1) is 10.6 Å². The van der Waals surface area contributed by atoms with Crippen molar-refractivity contribution in [2.45, 2.75) is 6.42 Å². The van der Waals surface area contributed by atoms with E-state index in [0.29, 0.717) is 15.7 Å². The second-order valence-corrected chi connectivity index (χ2v) is 7.72. The molecular weight excluding hydrogens is 374 g/mol. The van der Waals surface area contributed by atoms with Gasteiger partial charge in [-0.25, -0.2) is 0 Å². The maximum atomic E-state index is 12.3. The molecule has 2 heterocycles. The zero-order valence-electron chi connectivity index (χ0n) is 13.8. The maximum absolute atomic E-state index is 12.3. The van der Waals surface area contributed by atoms with Gasteiger partial charge in [-0.3, -0.25) is 15.0 Å². The Labute approximate surface area is 162 Å². The fourth-order valence-electron chi connectivity index (χ4n) is 2.79. The molecule has 0 saturated carbocycles. The number of nitrogens with zero attached hydrogens (tertiary/aromatic N) is 2. The zero-order chi connectivity index (χ0) is 17.6. The molecule has 0 radical (unpaired) electrons. The largest absolute Gasteiger partial charge is 0.346 e. The molecule has 0 bridgehead atoms. The first-order valence-corrected chi connectivity index (χ1v) is 9.89. The number of amides is 1. The Morgan fingerprint density at radius 3 is 2.60 bits per heavy atom. The van der Waals surface area contributed by atoms with Crippen LogP contribution in [0, 0.1) is 0 Å². The van der Waals surface area contributed by atoms with Crippen LogP contribution in [0.15, 0.2) is 41.8 Å². The minimum Gasteiger partial charge on any atom is -0.346 e. The van der Waals surface area contributed by atoms with Crippen LogP contribution in [0.4, 0.5) is 0 Å². The highest BCUT2D eigenvalue weighted by Crippen LogP contribution is 2.15. The van der Waals surface area contributed by atoms with Crippen molar-refractivity contribution in [2.75, 3.05) is 32.7 Å². The molecule has 0 spiro atoms. The van der Waals surface area contributed by atoms with Crippen molar-refractivity contribution in [1.82, 2.24) is 15.1 Å². The topological polar surface area (TPSA) is 35.6 Å². The monoisotopic (exact) mass is 393 g/mol. The Morgan fingerprint density at radius 2 is 1.92 bits per heavy atom. The molecule has 1 aliphatic rings. The molecule has 25 heavy (non-hydrogen) atoms. The Balaban J connectivity index is 1.45. The Hall–Kier alpha value is -1.47. The number of halogens is 1. The van der Waals surface area contributed by atoms with Crippen molar-refractivity contribution in [3.8, 4) is 0 Å². The minimum absolute atomic E-state index is 0.254. The summed E-state index contributed by atoms with van der Waals surface area (Å²) in [5.74, 6) is -0.254. The number of hydrogen-bond donors (Lipinski definition) is 1. The van der Waals surface area contributed by atoms with Gasteiger partial charge in [0.15, 0.2) is 5.11 Å². The van der Waals surface area contributed by atoms with Gasteiger partial charge in [-0.1, -0.05) is 29.8 Å². The van der Waals surface area contributed by atoms with Crippen LogP contribution in [0.2, 0.25) is 5.02 Å². The third kappa shape index (κ3) is 5.01. The van der Waals surface area contributed by atoms with Gasteiger partial charge in [0, 0.05) is 37.6 Å². The van der Waals surface area contributed by atoms with Gasteiger partial charge >= 0.3 is 0 Å². The number of rotatable bonds is 4. The first-order valence-electron chi connectivity index (χ1n) is 8.23. The third-order valence-corrected chi connectivity index (χ3v) is 5.88. The first-order chi connectivity index (χ1) is 12.1. The molecule has 0 aliphatic carbocycles. The van der Waals surface area contributed by atoms with Gasteiger partial charge in [0.25, 0.3) is 5.91 Å². The van der Waals surface area contributed by atoms with Crippen molar-refractivity contribution >= 4 is 46.2 Å². The average Bonchev–Trinajstić information content (AvgIpc) is 3.14. The van der Waals surface area contributed by atoms with E-state index in [1.807, 2.05) is 4.90 Å². The van der Waals surface area contributed by atoms with E-state index in [4.69, 9.17) is 23.8 Å². The molecule has 1 aromatic carbocycles. The Bertz CT molecular complexity index is 728. The van der Waals surface area contributed by atoms with E-state index >= 15 is 0 Å². The van der Waals surface area contributed by atoms with Crippen LogP contribution < -0.4 is 5.32 Å². The van der Waals surface area contributed by atoms with Crippen LogP contribution >= 0.6 is 35.2 Å². The first kappa shape index (κ1) is 18.3. The van der Waals surface area contributed by atoms with Crippen LogP contribution in [-0.4, -0.2) is 53.5 Å². The lowest BCUT2D eigenvalue weighted by atomic mass is 10.2. The summed E-state index contributed by atoms with van der Waals surface area (Å²) in [7, 11) is 0. The molecule has 4 nitrogen and oxygen atoms in total. The average molecular weight is 394 g/mol. The lowest BCUT2D eigenvalue weighted by Crippen LogP contribution is -2.52. The molecule has 3 rings (SSSR count). The van der Waals surface area contributed by atoms with Crippen molar-refractivity contribution in [3.05, 3.63) is 57.2 Å². The standard InChI is InChI=1S/C18H20ClN3OS2/c19-16-6-2-1-5-15(16)17(23)20-18(24)22-11-9-21(10-12-22)8-7-14-4-3-13-25-14/h1-6,13H,7-12H2,(H,20,23,24). The number of thiophene rings is 1. The number of benzene rings is 1. The van der Waals surface area contributed by atoms with Gasteiger partial charge in [-0.15, -0.1) is 11.3 Å². The van der Waals surface area contributed by atoms with Crippen molar-refractivity contribution < 1.29 is 4.79 Å². The second kappa shape index (κ2) is 8.76. The highest BCUT2D eigenvalue weighted by molar-refractivity contribution is 7.80. The molecule has 1 amide bonds. The number of piperazine rings is 1. The summed E-state index contributed by atoms with van der Waals surface area (Å²) >= 11 is 13.3. The molecule has 0 unspecified atom stereocenters. The summed E-state index contributed by atoms with van der Waals surface area (Å²) in [5.41, 5.74) is 0.445. The van der Waals surface area contributed by atoms with E-state index in [1.165, 1.54) is 4.88 Å². The predicted molar refractivity (Wildman–Crippen MR) is 108 cm³/mol. The molecular formula is C18H20ClN3OS2. The molecule has 1 saturated heterocycles. The molecule has 1 fully saturated rings. The Kier molecular flexibility index (Phi) is 6.42. The highest BCUT2D eigenvalue weighted by Gasteiger charge is 2.20. The third-order valence-electron chi connectivity index (χ3n) is 4.25. The quantitative estimate of drug-likeness (QED) is 0.808. The number of nitrogens with one attached hydrogen (secondary N) is 1. The summed E-state index contributed by atoms with van der Waals surface area (Å²) in [6.07, 6.45) is 1.09. The van der Waals surface area contributed by atoms with Crippen LogP contribution in [0.25, 0.3) is 0 Å². The highest BCUT2D eigenvalue weighted by atomic mass is 35.5. The van der Waals surface area contributed by atoms with Crippen LogP contribution in [0.5, 0.6) is 0 Å². The molecule has 7 heteroatoms. The number of thiocarbonyl (C=S) groups is 1. The van der Waals surface area contributed by atoms with E-state index in [2.05, 4.69) is 27.7 Å². The smallest absolute Gasteiger partial charge is 0.258 e. The van der Waals surface area contributed by atoms with Gasteiger partial charge in [-0.05, 0) is 42.2 Å². The van der Waals surface area contributed by atoms with E-state index in [1.54, 1.807) is 35.6 Å². The van der Waals surface area contributed by atoms with Gasteiger partial charge in [0.2, 0.25) is 0 Å². The van der Waals surface area contributed by atoms with Crippen molar-refractivity contribution in [3.63, 3.8) is 0 Å². The lowest BCUT2D eigenvalue weighted by molar-refractivity contribution is 0.0970. The maximum Gasteiger partial charge on any atom is 0.258 e.